The van der Waals surface area contributed by atoms with Crippen molar-refractivity contribution in [2.75, 3.05) is 6.61 Å². The van der Waals surface area contributed by atoms with E-state index in [2.05, 4.69) is 15.6 Å². The van der Waals surface area contributed by atoms with Gasteiger partial charge in [-0.3, -0.25) is 9.36 Å². The molecule has 0 spiro atoms. The number of aromatic nitrogens is 2. The maximum Gasteiger partial charge on any atom is 0.337 e. The standard InChI is InChI=1S/C17H20N4O4S/c1-5-25-16(23)13-9(3)19-17(24)20-11(13)6-21-7-18-14-12(15(21)22)8(2)10(4)26-14/h7,9H,5-6H2,1-4H3,(H2,19,20,24)/t9-/m0/s1. The number of esters is 1. The average molecular weight is 376 g/mol. The molecule has 9 heteroatoms. The van der Waals surface area contributed by atoms with Gasteiger partial charge in [-0.15, -0.1) is 11.3 Å². The summed E-state index contributed by atoms with van der Waals surface area (Å²) in [5.41, 5.74) is 1.34. The predicted molar refractivity (Wildman–Crippen MR) is 98.1 cm³/mol. The number of rotatable bonds is 4. The van der Waals surface area contributed by atoms with Crippen LogP contribution in [0, 0.1) is 13.8 Å². The van der Waals surface area contributed by atoms with Gasteiger partial charge >= 0.3 is 12.0 Å². The molecule has 0 aromatic carbocycles. The Labute approximate surface area is 153 Å². The van der Waals surface area contributed by atoms with Crippen molar-refractivity contribution < 1.29 is 14.3 Å². The lowest BCUT2D eigenvalue weighted by molar-refractivity contribution is -0.139. The monoisotopic (exact) mass is 376 g/mol. The first-order chi connectivity index (χ1) is 12.3. The van der Waals surface area contributed by atoms with Crippen molar-refractivity contribution in [3.8, 4) is 0 Å². The molecule has 1 aliphatic heterocycles. The molecule has 0 aliphatic carbocycles. The van der Waals surface area contributed by atoms with Crippen molar-refractivity contribution in [1.29, 1.82) is 0 Å². The molecule has 2 N–H and O–H groups in total. The Kier molecular flexibility index (Phi) is 4.82. The van der Waals surface area contributed by atoms with Gasteiger partial charge in [-0.25, -0.2) is 14.6 Å². The maximum atomic E-state index is 12.9. The molecule has 2 amide bonds. The minimum absolute atomic E-state index is 0.0298. The van der Waals surface area contributed by atoms with Gasteiger partial charge in [-0.2, -0.15) is 0 Å². The highest BCUT2D eigenvalue weighted by Gasteiger charge is 2.30. The van der Waals surface area contributed by atoms with Crippen molar-refractivity contribution in [1.82, 2.24) is 20.2 Å². The van der Waals surface area contributed by atoms with Crippen LogP contribution in [-0.2, 0) is 16.1 Å². The van der Waals surface area contributed by atoms with Gasteiger partial charge in [0.1, 0.15) is 4.83 Å². The van der Waals surface area contributed by atoms with Crippen LogP contribution < -0.4 is 16.2 Å². The number of thiophene rings is 1. The number of urea groups is 1. The molecule has 26 heavy (non-hydrogen) atoms. The third-order valence-corrected chi connectivity index (χ3v) is 5.47. The number of carbonyl (C=O) groups is 2. The lowest BCUT2D eigenvalue weighted by atomic mass is 10.0. The van der Waals surface area contributed by atoms with Gasteiger partial charge in [0.25, 0.3) is 5.56 Å². The number of fused-ring (bicyclic) bond motifs is 1. The third-order valence-electron chi connectivity index (χ3n) is 4.35. The highest BCUT2D eigenvalue weighted by molar-refractivity contribution is 7.18. The number of ether oxygens (including phenoxy) is 1. The number of carbonyl (C=O) groups excluding carboxylic acids is 2. The molecule has 0 radical (unpaired) electrons. The Morgan fingerprint density at radius 1 is 1.38 bits per heavy atom. The van der Waals surface area contributed by atoms with Crippen LogP contribution in [0.2, 0.25) is 0 Å². The van der Waals surface area contributed by atoms with E-state index in [4.69, 9.17) is 4.74 Å². The van der Waals surface area contributed by atoms with E-state index in [0.717, 1.165) is 10.4 Å². The van der Waals surface area contributed by atoms with Crippen LogP contribution in [-0.4, -0.2) is 34.2 Å². The van der Waals surface area contributed by atoms with Gasteiger partial charge < -0.3 is 15.4 Å². The van der Waals surface area contributed by atoms with Crippen molar-refractivity contribution in [3.63, 3.8) is 0 Å². The molecule has 0 saturated carbocycles. The zero-order chi connectivity index (χ0) is 19.0. The summed E-state index contributed by atoms with van der Waals surface area (Å²) in [5.74, 6) is -0.521. The van der Waals surface area contributed by atoms with Gasteiger partial charge in [-0.1, -0.05) is 0 Å². The normalized spacial score (nSPS) is 17.2. The zero-order valence-corrected chi connectivity index (χ0v) is 15.8. The van der Waals surface area contributed by atoms with Crippen molar-refractivity contribution >= 4 is 33.6 Å². The van der Waals surface area contributed by atoms with Crippen molar-refractivity contribution in [2.24, 2.45) is 0 Å². The summed E-state index contributed by atoms with van der Waals surface area (Å²) >= 11 is 1.47. The molecule has 2 aromatic heterocycles. The number of hydrogen-bond donors (Lipinski definition) is 2. The first-order valence-corrected chi connectivity index (χ1v) is 9.08. The summed E-state index contributed by atoms with van der Waals surface area (Å²) in [5, 5.41) is 5.83. The van der Waals surface area contributed by atoms with Crippen LogP contribution >= 0.6 is 11.3 Å². The highest BCUT2D eigenvalue weighted by Crippen LogP contribution is 2.25. The summed E-state index contributed by atoms with van der Waals surface area (Å²) in [6.07, 6.45) is 1.44. The minimum Gasteiger partial charge on any atom is -0.463 e. The number of allylic oxidation sites excluding steroid dienone is 1. The summed E-state index contributed by atoms with van der Waals surface area (Å²) in [4.78, 5) is 43.1. The SMILES string of the molecule is CCOC(=O)C1=C(Cn2cnc3sc(C)c(C)c3c2=O)NC(=O)N[C@H]1C. The van der Waals surface area contributed by atoms with E-state index < -0.39 is 18.0 Å². The smallest absolute Gasteiger partial charge is 0.337 e. The van der Waals surface area contributed by atoms with E-state index in [9.17, 15) is 14.4 Å². The molecule has 138 valence electrons. The first kappa shape index (κ1) is 18.1. The molecule has 0 fully saturated rings. The molecule has 0 saturated heterocycles. The van der Waals surface area contributed by atoms with Gasteiger partial charge in [0.2, 0.25) is 0 Å². The van der Waals surface area contributed by atoms with Crippen LogP contribution in [0.4, 0.5) is 4.79 Å². The average Bonchev–Trinajstić information content (AvgIpc) is 2.85. The summed E-state index contributed by atoms with van der Waals surface area (Å²) in [7, 11) is 0. The third kappa shape index (κ3) is 3.10. The van der Waals surface area contributed by atoms with Gasteiger partial charge in [0, 0.05) is 4.88 Å². The van der Waals surface area contributed by atoms with E-state index in [1.54, 1.807) is 13.8 Å². The second-order valence-corrected chi connectivity index (χ2v) is 7.28. The highest BCUT2D eigenvalue weighted by atomic mass is 32.1. The van der Waals surface area contributed by atoms with Crippen molar-refractivity contribution in [3.05, 3.63) is 38.4 Å². The Hall–Kier alpha value is -2.68. The quantitative estimate of drug-likeness (QED) is 0.789. The summed E-state index contributed by atoms with van der Waals surface area (Å²) in [6.45, 7) is 7.49. The second-order valence-electron chi connectivity index (χ2n) is 6.07. The van der Waals surface area contributed by atoms with Gasteiger partial charge in [0.15, 0.2) is 0 Å². The first-order valence-electron chi connectivity index (χ1n) is 8.26. The van der Waals surface area contributed by atoms with Crippen LogP contribution in [0.5, 0.6) is 0 Å². The number of hydrogen-bond acceptors (Lipinski definition) is 6. The molecule has 2 aromatic rings. The van der Waals surface area contributed by atoms with E-state index in [1.807, 2.05) is 13.8 Å². The molecule has 3 rings (SSSR count). The molecule has 0 unspecified atom stereocenters. The van der Waals surface area contributed by atoms with E-state index in [1.165, 1.54) is 22.2 Å². The summed E-state index contributed by atoms with van der Waals surface area (Å²) < 4.78 is 6.49. The fourth-order valence-electron chi connectivity index (χ4n) is 2.96. The number of amides is 2. The molecular formula is C17H20N4O4S. The molecule has 0 bridgehead atoms. The Balaban J connectivity index is 2.08. The maximum absolute atomic E-state index is 12.9. The number of nitrogens with zero attached hydrogens (tertiary/aromatic N) is 2. The predicted octanol–water partition coefficient (Wildman–Crippen LogP) is 1.59. The lowest BCUT2D eigenvalue weighted by Crippen LogP contribution is -2.50. The molecule has 3 heterocycles. The van der Waals surface area contributed by atoms with Gasteiger partial charge in [-0.05, 0) is 33.3 Å². The number of nitrogens with one attached hydrogen (secondary N) is 2. The summed E-state index contributed by atoms with van der Waals surface area (Å²) in [6, 6.07) is -0.944. The zero-order valence-electron chi connectivity index (χ0n) is 15.0. The number of aryl methyl sites for hydroxylation is 2. The Bertz CT molecular complexity index is 989. The van der Waals surface area contributed by atoms with Gasteiger partial charge in [0.05, 0.1) is 42.2 Å². The fourth-order valence-corrected chi connectivity index (χ4v) is 3.94. The van der Waals surface area contributed by atoms with Crippen LogP contribution in [0.1, 0.15) is 24.3 Å². The van der Waals surface area contributed by atoms with Crippen LogP contribution in [0.25, 0.3) is 10.2 Å². The van der Waals surface area contributed by atoms with E-state index >= 15 is 0 Å². The van der Waals surface area contributed by atoms with Crippen molar-refractivity contribution in [2.45, 2.75) is 40.3 Å². The molecule has 1 aliphatic rings. The Morgan fingerprint density at radius 2 is 2.12 bits per heavy atom. The Morgan fingerprint density at radius 3 is 2.81 bits per heavy atom. The largest absolute Gasteiger partial charge is 0.463 e. The fraction of sp³-hybridized carbons (Fsp3) is 0.412. The molecule has 1 atom stereocenters. The topological polar surface area (TPSA) is 102 Å². The van der Waals surface area contributed by atoms with E-state index in [-0.39, 0.29) is 18.7 Å². The second kappa shape index (κ2) is 6.91. The van der Waals surface area contributed by atoms with Crippen LogP contribution in [0.3, 0.4) is 0 Å². The van der Waals surface area contributed by atoms with Crippen LogP contribution in [0.15, 0.2) is 22.4 Å². The van der Waals surface area contributed by atoms with E-state index in [0.29, 0.717) is 21.5 Å². The minimum atomic E-state index is -0.521. The lowest BCUT2D eigenvalue weighted by Gasteiger charge is -2.26. The molecular weight excluding hydrogens is 356 g/mol. The molecule has 8 nitrogen and oxygen atoms in total.